The first-order valence-corrected chi connectivity index (χ1v) is 3.44. The van der Waals surface area contributed by atoms with Gasteiger partial charge in [-0.05, 0) is 12.1 Å². The van der Waals surface area contributed by atoms with Crippen molar-refractivity contribution in [2.24, 2.45) is 0 Å². The second-order valence-electron chi connectivity index (χ2n) is 2.41. The molecule has 0 aliphatic heterocycles. The van der Waals surface area contributed by atoms with E-state index in [9.17, 15) is 14.3 Å². The normalized spacial score (nSPS) is 11.5. The molecule has 3 nitrogen and oxygen atoms in total. The summed E-state index contributed by atoms with van der Waals surface area (Å²) in [6, 6.07) is 2.57. The van der Waals surface area contributed by atoms with E-state index in [1.165, 1.54) is 25.3 Å². The van der Waals surface area contributed by atoms with Crippen LogP contribution in [0.5, 0.6) is 0 Å². The van der Waals surface area contributed by atoms with E-state index >= 15 is 0 Å². The molecule has 0 bridgehead atoms. The summed E-state index contributed by atoms with van der Waals surface area (Å²) in [5.74, 6) is -2.95. The van der Waals surface area contributed by atoms with Gasteiger partial charge in [0.1, 0.15) is 5.82 Å². The molecule has 0 N–H and O–H groups in total. The van der Waals surface area contributed by atoms with Gasteiger partial charge in [-0.25, -0.2) is 4.39 Å². The van der Waals surface area contributed by atoms with Gasteiger partial charge in [0.2, 0.25) is 0 Å². The van der Waals surface area contributed by atoms with Crippen LogP contribution in [0.1, 0.15) is 18.5 Å². The third-order valence-corrected chi connectivity index (χ3v) is 1.55. The Morgan fingerprint density at radius 1 is 1.69 bits per heavy atom. The number of halogens is 1. The molecule has 0 aliphatic carbocycles. The number of hydrogen-bond acceptors (Lipinski definition) is 3. The Hall–Kier alpha value is -0.853. The smallest absolute Gasteiger partial charge is 0.549 e. The third-order valence-electron chi connectivity index (χ3n) is 1.55. The summed E-state index contributed by atoms with van der Waals surface area (Å²) < 4.78 is 12.8. The molecule has 1 atom stereocenters. The van der Waals surface area contributed by atoms with E-state index in [-0.39, 0.29) is 24.6 Å². The SMILES string of the molecule is CC(C(=O)[O-])c1ncccc1F.[Li+]. The molecule has 0 aliphatic rings. The Morgan fingerprint density at radius 2 is 2.31 bits per heavy atom. The third kappa shape index (κ3) is 2.83. The van der Waals surface area contributed by atoms with E-state index in [0.29, 0.717) is 0 Å². The van der Waals surface area contributed by atoms with E-state index in [1.54, 1.807) is 0 Å². The molecule has 0 saturated carbocycles. The summed E-state index contributed by atoms with van der Waals surface area (Å²) in [6.45, 7) is 1.33. The fourth-order valence-electron chi connectivity index (χ4n) is 0.828. The van der Waals surface area contributed by atoms with Crippen LogP contribution in [-0.4, -0.2) is 11.0 Å². The van der Waals surface area contributed by atoms with Gasteiger partial charge in [0, 0.05) is 12.1 Å². The van der Waals surface area contributed by atoms with Crippen LogP contribution in [0.4, 0.5) is 4.39 Å². The molecule has 1 aromatic heterocycles. The van der Waals surface area contributed by atoms with Crippen LogP contribution in [0, 0.1) is 5.82 Å². The summed E-state index contributed by atoms with van der Waals surface area (Å²) in [6.07, 6.45) is 1.35. The Balaban J connectivity index is 0.00000144. The van der Waals surface area contributed by atoms with Crippen LogP contribution in [-0.2, 0) is 4.79 Å². The van der Waals surface area contributed by atoms with Gasteiger partial charge < -0.3 is 9.90 Å². The molecule has 13 heavy (non-hydrogen) atoms. The molecule has 1 heterocycles. The van der Waals surface area contributed by atoms with Gasteiger partial charge in [0.15, 0.2) is 0 Å². The van der Waals surface area contributed by atoms with E-state index < -0.39 is 17.7 Å². The Morgan fingerprint density at radius 3 is 2.77 bits per heavy atom. The minimum atomic E-state index is -1.33. The zero-order valence-corrected chi connectivity index (χ0v) is 7.45. The van der Waals surface area contributed by atoms with Crippen molar-refractivity contribution in [2.75, 3.05) is 0 Å². The van der Waals surface area contributed by atoms with Crippen LogP contribution >= 0.6 is 0 Å². The monoisotopic (exact) mass is 175 g/mol. The predicted octanol–water partition coefficient (Wildman–Crippen LogP) is -2.92. The first-order valence-electron chi connectivity index (χ1n) is 3.44. The van der Waals surface area contributed by atoms with E-state index in [0.717, 1.165) is 0 Å². The Bertz CT molecular complexity index is 306. The summed E-state index contributed by atoms with van der Waals surface area (Å²) in [4.78, 5) is 13.9. The quantitative estimate of drug-likeness (QED) is 0.452. The second kappa shape index (κ2) is 5.00. The van der Waals surface area contributed by atoms with Crippen LogP contribution in [0.15, 0.2) is 18.3 Å². The maximum atomic E-state index is 12.8. The number of carbonyl (C=O) groups is 1. The molecule has 0 saturated heterocycles. The van der Waals surface area contributed by atoms with Gasteiger partial charge in [-0.3, -0.25) is 4.98 Å². The van der Waals surface area contributed by atoms with Crippen molar-refractivity contribution in [1.29, 1.82) is 0 Å². The standard InChI is InChI=1S/C8H8FNO2.Li/c1-5(8(11)12)7-6(9)3-2-4-10-7;/h2-5H,1H3,(H,11,12);/q;+1/p-1. The Labute approximate surface area is 87.2 Å². The maximum absolute atomic E-state index is 12.8. The number of rotatable bonds is 2. The van der Waals surface area contributed by atoms with Crippen molar-refractivity contribution in [3.8, 4) is 0 Å². The van der Waals surface area contributed by atoms with Gasteiger partial charge in [0.25, 0.3) is 0 Å². The van der Waals surface area contributed by atoms with Gasteiger partial charge in [-0.1, -0.05) is 6.92 Å². The number of pyridine rings is 1. The molecule has 64 valence electrons. The van der Waals surface area contributed by atoms with Gasteiger partial charge in [-0.15, -0.1) is 0 Å². The van der Waals surface area contributed by atoms with Crippen molar-refractivity contribution >= 4 is 5.97 Å². The number of carboxylic acids is 1. The summed E-state index contributed by atoms with van der Waals surface area (Å²) in [5, 5.41) is 10.3. The molecular weight excluding hydrogens is 168 g/mol. The average molecular weight is 175 g/mol. The molecule has 0 radical (unpaired) electrons. The van der Waals surface area contributed by atoms with Crippen molar-refractivity contribution < 1.29 is 33.2 Å². The minimum Gasteiger partial charge on any atom is -0.549 e. The zero-order chi connectivity index (χ0) is 9.14. The summed E-state index contributed by atoms with van der Waals surface area (Å²) in [5.41, 5.74) is -0.0856. The molecule has 5 heteroatoms. The van der Waals surface area contributed by atoms with Gasteiger partial charge >= 0.3 is 18.9 Å². The maximum Gasteiger partial charge on any atom is 1.00 e. The van der Waals surface area contributed by atoms with E-state index in [2.05, 4.69) is 4.98 Å². The van der Waals surface area contributed by atoms with Crippen LogP contribution in [0.3, 0.4) is 0 Å². The first kappa shape index (κ1) is 12.1. The minimum absolute atomic E-state index is 0. The Kier molecular flexibility index (Phi) is 4.67. The molecule has 0 fully saturated rings. The summed E-state index contributed by atoms with van der Waals surface area (Å²) >= 11 is 0. The predicted molar refractivity (Wildman–Crippen MR) is 37.6 cm³/mol. The fraction of sp³-hybridized carbons (Fsp3) is 0.250. The second-order valence-corrected chi connectivity index (χ2v) is 2.41. The molecule has 0 aromatic carbocycles. The molecule has 1 rings (SSSR count). The topological polar surface area (TPSA) is 53.0 Å². The fourth-order valence-corrected chi connectivity index (χ4v) is 0.828. The van der Waals surface area contributed by atoms with E-state index in [4.69, 9.17) is 0 Å². The van der Waals surface area contributed by atoms with Crippen molar-refractivity contribution in [3.63, 3.8) is 0 Å². The van der Waals surface area contributed by atoms with Crippen molar-refractivity contribution in [3.05, 3.63) is 29.8 Å². The zero-order valence-electron chi connectivity index (χ0n) is 7.45. The number of aliphatic carboxylic acids is 1. The van der Waals surface area contributed by atoms with Gasteiger partial charge in [0.05, 0.1) is 11.7 Å². The number of carboxylic acid groups (broad SMARTS) is 1. The van der Waals surface area contributed by atoms with E-state index in [1.807, 2.05) is 0 Å². The number of aromatic nitrogens is 1. The van der Waals surface area contributed by atoms with Crippen LogP contribution in [0.25, 0.3) is 0 Å². The first-order chi connectivity index (χ1) is 5.63. The molecule has 0 amide bonds. The largest absolute Gasteiger partial charge is 1.00 e. The average Bonchev–Trinajstić information content (AvgIpc) is 2.04. The molecule has 1 aromatic rings. The number of nitrogens with zero attached hydrogens (tertiary/aromatic N) is 1. The van der Waals surface area contributed by atoms with Crippen LogP contribution < -0.4 is 24.0 Å². The number of hydrogen-bond donors (Lipinski definition) is 0. The number of carbonyl (C=O) groups excluding carboxylic acids is 1. The molecular formula is C8H7FLiNO2. The van der Waals surface area contributed by atoms with Crippen molar-refractivity contribution in [1.82, 2.24) is 4.98 Å². The van der Waals surface area contributed by atoms with Gasteiger partial charge in [-0.2, -0.15) is 0 Å². The molecule has 1 unspecified atom stereocenters. The molecule has 0 spiro atoms. The summed E-state index contributed by atoms with van der Waals surface area (Å²) in [7, 11) is 0. The van der Waals surface area contributed by atoms with Crippen molar-refractivity contribution in [2.45, 2.75) is 12.8 Å². The van der Waals surface area contributed by atoms with Crippen LogP contribution in [0.2, 0.25) is 0 Å².